The number of carbonyl (C=O) groups is 3. The van der Waals surface area contributed by atoms with Crippen LogP contribution in [-0.4, -0.2) is 29.8 Å². The van der Waals surface area contributed by atoms with Gasteiger partial charge < -0.3 is 16.0 Å². The molecule has 0 unspecified atom stereocenters. The molecule has 0 atom stereocenters. The van der Waals surface area contributed by atoms with Gasteiger partial charge in [-0.05, 0) is 48.9 Å². The van der Waals surface area contributed by atoms with E-state index < -0.39 is 5.54 Å². The quantitative estimate of drug-likeness (QED) is 0.547. The molecule has 6 nitrogen and oxygen atoms in total. The Kier molecular flexibility index (Phi) is 7.63. The first kappa shape index (κ1) is 22.0. The van der Waals surface area contributed by atoms with Crippen molar-refractivity contribution >= 4 is 34.7 Å². The van der Waals surface area contributed by atoms with Crippen LogP contribution in [0.5, 0.6) is 0 Å². The summed E-state index contributed by atoms with van der Waals surface area (Å²) in [5.41, 5.74) is 0.107. The molecule has 0 saturated heterocycles. The molecule has 3 amide bonds. The lowest BCUT2D eigenvalue weighted by atomic mass is 9.80. The van der Waals surface area contributed by atoms with Gasteiger partial charge >= 0.3 is 0 Å². The van der Waals surface area contributed by atoms with Gasteiger partial charge in [0.15, 0.2) is 0 Å². The van der Waals surface area contributed by atoms with Gasteiger partial charge in [0.05, 0.1) is 4.88 Å². The molecule has 0 radical (unpaired) electrons. The molecule has 3 rings (SSSR count). The summed E-state index contributed by atoms with van der Waals surface area (Å²) in [6.07, 6.45) is 6.11. The molecule has 1 heterocycles. The first-order chi connectivity index (χ1) is 14.5. The summed E-state index contributed by atoms with van der Waals surface area (Å²) in [6, 6.07) is 10.4. The minimum atomic E-state index is -0.862. The van der Waals surface area contributed by atoms with Crippen molar-refractivity contribution in [3.05, 3.63) is 52.2 Å². The average molecular weight is 428 g/mol. The van der Waals surface area contributed by atoms with Gasteiger partial charge in [-0.25, -0.2) is 0 Å². The van der Waals surface area contributed by atoms with Gasteiger partial charge in [0.2, 0.25) is 5.91 Å². The molecule has 0 aliphatic heterocycles. The van der Waals surface area contributed by atoms with Crippen LogP contribution in [0.1, 0.15) is 71.9 Å². The zero-order chi connectivity index (χ0) is 21.4. The number of anilines is 1. The van der Waals surface area contributed by atoms with Crippen molar-refractivity contribution in [1.29, 1.82) is 0 Å². The molecule has 0 spiro atoms. The van der Waals surface area contributed by atoms with Gasteiger partial charge in [-0.3, -0.25) is 14.4 Å². The van der Waals surface area contributed by atoms with Crippen molar-refractivity contribution in [3.63, 3.8) is 0 Å². The second-order valence-electron chi connectivity index (χ2n) is 7.72. The highest BCUT2D eigenvalue weighted by molar-refractivity contribution is 7.12. The number of thiophene rings is 1. The van der Waals surface area contributed by atoms with E-state index in [1.54, 1.807) is 30.3 Å². The number of carbonyl (C=O) groups excluding carboxylic acids is 3. The Morgan fingerprint density at radius 1 is 1.03 bits per heavy atom. The second-order valence-corrected chi connectivity index (χ2v) is 8.67. The van der Waals surface area contributed by atoms with E-state index in [0.29, 0.717) is 35.5 Å². The van der Waals surface area contributed by atoms with Gasteiger partial charge in [-0.15, -0.1) is 11.3 Å². The summed E-state index contributed by atoms with van der Waals surface area (Å²) < 4.78 is 0. The summed E-state index contributed by atoms with van der Waals surface area (Å²) in [5.74, 6) is -0.595. The van der Waals surface area contributed by atoms with Gasteiger partial charge in [0.1, 0.15) is 5.54 Å². The highest BCUT2D eigenvalue weighted by atomic mass is 32.1. The molecule has 1 aliphatic carbocycles. The van der Waals surface area contributed by atoms with E-state index in [2.05, 4.69) is 22.9 Å². The van der Waals surface area contributed by atoms with Crippen molar-refractivity contribution in [2.24, 2.45) is 0 Å². The SMILES string of the molecule is CCCCNC(=O)C1(NC(=O)c2cccc(NC(=O)c3cccs3)c2)CCCCC1. The zero-order valence-electron chi connectivity index (χ0n) is 17.3. The Hall–Kier alpha value is -2.67. The molecule has 7 heteroatoms. The largest absolute Gasteiger partial charge is 0.354 e. The fourth-order valence-corrected chi connectivity index (χ4v) is 4.36. The molecule has 0 bridgehead atoms. The average Bonchev–Trinajstić information content (AvgIpc) is 3.30. The van der Waals surface area contributed by atoms with Gasteiger partial charge in [0, 0.05) is 17.8 Å². The number of unbranched alkanes of at least 4 members (excludes halogenated alkanes) is 1. The smallest absolute Gasteiger partial charge is 0.265 e. The maximum Gasteiger partial charge on any atom is 0.265 e. The normalized spacial score (nSPS) is 15.2. The van der Waals surface area contributed by atoms with Crippen molar-refractivity contribution in [1.82, 2.24) is 10.6 Å². The van der Waals surface area contributed by atoms with Crippen molar-refractivity contribution < 1.29 is 14.4 Å². The zero-order valence-corrected chi connectivity index (χ0v) is 18.1. The summed E-state index contributed by atoms with van der Waals surface area (Å²) in [7, 11) is 0. The highest BCUT2D eigenvalue weighted by Crippen LogP contribution is 2.29. The minimum absolute atomic E-state index is 0.0915. The summed E-state index contributed by atoms with van der Waals surface area (Å²) in [5, 5.41) is 10.7. The number of benzene rings is 1. The molecule has 1 fully saturated rings. The van der Waals surface area contributed by atoms with E-state index in [-0.39, 0.29) is 17.7 Å². The Bertz CT molecular complexity index is 874. The summed E-state index contributed by atoms with van der Waals surface area (Å²) >= 11 is 1.36. The highest BCUT2D eigenvalue weighted by Gasteiger charge is 2.40. The summed E-state index contributed by atoms with van der Waals surface area (Å²) in [4.78, 5) is 38.8. The predicted molar refractivity (Wildman–Crippen MR) is 120 cm³/mol. The van der Waals surface area contributed by atoms with Gasteiger partial charge in [-0.2, -0.15) is 0 Å². The topological polar surface area (TPSA) is 87.3 Å². The first-order valence-electron chi connectivity index (χ1n) is 10.6. The fraction of sp³-hybridized carbons (Fsp3) is 0.435. The van der Waals surface area contributed by atoms with Crippen LogP contribution in [0.15, 0.2) is 41.8 Å². The van der Waals surface area contributed by atoms with Crippen LogP contribution in [0, 0.1) is 0 Å². The van der Waals surface area contributed by atoms with Crippen LogP contribution in [0.4, 0.5) is 5.69 Å². The van der Waals surface area contributed by atoms with Crippen LogP contribution in [0.3, 0.4) is 0 Å². The maximum atomic E-state index is 13.0. The predicted octanol–water partition coefficient (Wildman–Crippen LogP) is 4.35. The molecule has 3 N–H and O–H groups in total. The van der Waals surface area contributed by atoms with Crippen LogP contribution in [0.2, 0.25) is 0 Å². The molecule has 2 aromatic rings. The molecule has 1 saturated carbocycles. The number of rotatable bonds is 8. The van der Waals surface area contributed by atoms with Crippen LogP contribution < -0.4 is 16.0 Å². The number of amides is 3. The molecular weight excluding hydrogens is 398 g/mol. The van der Waals surface area contributed by atoms with Gasteiger partial charge in [0.25, 0.3) is 11.8 Å². The van der Waals surface area contributed by atoms with Gasteiger partial charge in [-0.1, -0.05) is 44.7 Å². The fourth-order valence-electron chi connectivity index (χ4n) is 3.74. The third kappa shape index (κ3) is 5.48. The van der Waals surface area contributed by atoms with E-state index >= 15 is 0 Å². The monoisotopic (exact) mass is 427 g/mol. The standard InChI is InChI=1S/C23H29N3O3S/c1-2-3-14-24-22(29)23(12-5-4-6-13-23)26-20(27)17-9-7-10-18(16-17)25-21(28)19-11-8-15-30-19/h7-11,15-16H,2-6,12-14H2,1H3,(H,24,29)(H,25,28)(H,26,27). The Labute approximate surface area is 181 Å². The number of nitrogens with one attached hydrogen (secondary N) is 3. The van der Waals surface area contributed by atoms with E-state index in [9.17, 15) is 14.4 Å². The van der Waals surface area contributed by atoms with E-state index in [0.717, 1.165) is 32.1 Å². The minimum Gasteiger partial charge on any atom is -0.354 e. The molecule has 1 aliphatic rings. The second kappa shape index (κ2) is 10.4. The number of hydrogen-bond acceptors (Lipinski definition) is 4. The Morgan fingerprint density at radius 2 is 1.83 bits per heavy atom. The molecule has 30 heavy (non-hydrogen) atoms. The third-order valence-electron chi connectivity index (χ3n) is 5.44. The number of hydrogen-bond donors (Lipinski definition) is 3. The lowest BCUT2D eigenvalue weighted by molar-refractivity contribution is -0.128. The Balaban J connectivity index is 1.71. The molecule has 160 valence electrons. The van der Waals surface area contributed by atoms with Crippen molar-refractivity contribution in [2.75, 3.05) is 11.9 Å². The van der Waals surface area contributed by atoms with Crippen LogP contribution >= 0.6 is 11.3 Å². The molecule has 1 aromatic carbocycles. The lowest BCUT2D eigenvalue weighted by Gasteiger charge is -2.36. The van der Waals surface area contributed by atoms with E-state index in [1.165, 1.54) is 11.3 Å². The van der Waals surface area contributed by atoms with Crippen LogP contribution in [-0.2, 0) is 4.79 Å². The lowest BCUT2D eigenvalue weighted by Crippen LogP contribution is -2.59. The van der Waals surface area contributed by atoms with Crippen molar-refractivity contribution in [2.45, 2.75) is 57.4 Å². The maximum absolute atomic E-state index is 13.0. The van der Waals surface area contributed by atoms with Crippen molar-refractivity contribution in [3.8, 4) is 0 Å². The first-order valence-corrected chi connectivity index (χ1v) is 11.5. The molecular formula is C23H29N3O3S. The molecule has 1 aromatic heterocycles. The van der Waals surface area contributed by atoms with E-state index in [4.69, 9.17) is 0 Å². The van der Waals surface area contributed by atoms with Crippen LogP contribution in [0.25, 0.3) is 0 Å². The summed E-state index contributed by atoms with van der Waals surface area (Å²) in [6.45, 7) is 2.70. The Morgan fingerprint density at radius 3 is 2.53 bits per heavy atom. The third-order valence-corrected chi connectivity index (χ3v) is 6.31. The van der Waals surface area contributed by atoms with E-state index in [1.807, 2.05) is 11.4 Å².